The molecule has 0 spiro atoms. The number of benzene rings is 1. The highest BCUT2D eigenvalue weighted by molar-refractivity contribution is 9.10. The summed E-state index contributed by atoms with van der Waals surface area (Å²) in [5.41, 5.74) is 1.99. The normalized spacial score (nSPS) is 10.0. The van der Waals surface area contributed by atoms with Gasteiger partial charge >= 0.3 is 0 Å². The number of amides is 2. The smallest absolute Gasteiger partial charge is 0.253 e. The summed E-state index contributed by atoms with van der Waals surface area (Å²) in [6.45, 7) is 0.388. The Bertz CT molecular complexity index is 656. The number of aromatic nitrogens is 1. The van der Waals surface area contributed by atoms with Gasteiger partial charge in [-0.2, -0.15) is 0 Å². The van der Waals surface area contributed by atoms with E-state index in [1.807, 2.05) is 12.1 Å². The van der Waals surface area contributed by atoms with Crippen molar-refractivity contribution in [3.05, 3.63) is 63.9 Å². The number of carbonyl (C=O) groups excluding carboxylic acids is 2. The van der Waals surface area contributed by atoms with Crippen molar-refractivity contribution in [1.82, 2.24) is 15.6 Å². The fourth-order valence-corrected chi connectivity index (χ4v) is 2.10. The molecule has 0 saturated carbocycles. The van der Waals surface area contributed by atoms with E-state index in [1.54, 1.807) is 31.4 Å². The van der Waals surface area contributed by atoms with E-state index in [1.165, 1.54) is 6.20 Å². The lowest BCUT2D eigenvalue weighted by Crippen LogP contribution is -2.23. The van der Waals surface area contributed by atoms with Crippen LogP contribution >= 0.6 is 15.9 Å². The molecule has 0 fully saturated rings. The van der Waals surface area contributed by atoms with Crippen molar-refractivity contribution in [3.63, 3.8) is 0 Å². The van der Waals surface area contributed by atoms with Crippen LogP contribution in [0.25, 0.3) is 0 Å². The van der Waals surface area contributed by atoms with E-state index in [-0.39, 0.29) is 11.8 Å². The van der Waals surface area contributed by atoms with E-state index in [9.17, 15) is 9.59 Å². The first kappa shape index (κ1) is 15.2. The van der Waals surface area contributed by atoms with Crippen molar-refractivity contribution in [1.29, 1.82) is 0 Å². The fourth-order valence-electron chi connectivity index (χ4n) is 1.74. The predicted octanol–water partition coefficient (Wildman–Crippen LogP) is 2.13. The summed E-state index contributed by atoms with van der Waals surface area (Å²) in [4.78, 5) is 27.3. The molecule has 6 heteroatoms. The molecule has 0 unspecified atom stereocenters. The maximum atomic E-state index is 12.0. The second kappa shape index (κ2) is 6.99. The third-order valence-electron chi connectivity index (χ3n) is 2.86. The molecule has 2 aromatic rings. The van der Waals surface area contributed by atoms with Crippen molar-refractivity contribution in [2.45, 2.75) is 6.54 Å². The Kier molecular flexibility index (Phi) is 5.05. The van der Waals surface area contributed by atoms with Gasteiger partial charge < -0.3 is 10.6 Å². The van der Waals surface area contributed by atoms with Crippen LogP contribution in [0, 0.1) is 0 Å². The average Bonchev–Trinajstić information content (AvgIpc) is 2.52. The van der Waals surface area contributed by atoms with Crippen LogP contribution in [0.2, 0.25) is 0 Å². The van der Waals surface area contributed by atoms with Crippen LogP contribution in [0.15, 0.2) is 47.2 Å². The van der Waals surface area contributed by atoms with Crippen LogP contribution in [0.1, 0.15) is 26.3 Å². The number of nitrogens with zero attached hydrogens (tertiary/aromatic N) is 1. The number of nitrogens with one attached hydrogen (secondary N) is 2. The summed E-state index contributed by atoms with van der Waals surface area (Å²) in [6.07, 6.45) is 3.13. The Morgan fingerprint density at radius 1 is 1.10 bits per heavy atom. The van der Waals surface area contributed by atoms with Crippen LogP contribution in [0.5, 0.6) is 0 Å². The van der Waals surface area contributed by atoms with Crippen LogP contribution in [-0.2, 0) is 6.54 Å². The summed E-state index contributed by atoms with van der Waals surface area (Å²) >= 11 is 3.27. The minimum Gasteiger partial charge on any atom is -0.355 e. The maximum absolute atomic E-state index is 12.0. The zero-order valence-corrected chi connectivity index (χ0v) is 13.0. The SMILES string of the molecule is CNC(=O)c1ccc(CNC(=O)c2cncc(Br)c2)cc1. The highest BCUT2D eigenvalue weighted by Crippen LogP contribution is 2.10. The number of halogens is 1. The predicted molar refractivity (Wildman–Crippen MR) is 82.9 cm³/mol. The number of rotatable bonds is 4. The van der Waals surface area contributed by atoms with Gasteiger partial charge in [0.25, 0.3) is 11.8 Å². The quantitative estimate of drug-likeness (QED) is 0.889. The summed E-state index contributed by atoms with van der Waals surface area (Å²) in [5.74, 6) is -0.329. The van der Waals surface area contributed by atoms with Crippen LogP contribution in [0.4, 0.5) is 0 Å². The molecule has 1 heterocycles. The summed E-state index contributed by atoms with van der Waals surface area (Å²) in [5, 5.41) is 5.36. The Hall–Kier alpha value is -2.21. The summed E-state index contributed by atoms with van der Waals surface area (Å²) < 4.78 is 0.755. The molecule has 0 aliphatic carbocycles. The van der Waals surface area contributed by atoms with Crippen molar-refractivity contribution >= 4 is 27.7 Å². The van der Waals surface area contributed by atoms with E-state index >= 15 is 0 Å². The molecule has 0 atom stereocenters. The van der Waals surface area contributed by atoms with Gasteiger partial charge in [-0.3, -0.25) is 14.6 Å². The average molecular weight is 348 g/mol. The van der Waals surface area contributed by atoms with Gasteiger partial charge in [-0.25, -0.2) is 0 Å². The number of carbonyl (C=O) groups is 2. The molecule has 2 N–H and O–H groups in total. The second-order valence-electron chi connectivity index (χ2n) is 4.35. The largest absolute Gasteiger partial charge is 0.355 e. The zero-order chi connectivity index (χ0) is 15.2. The van der Waals surface area contributed by atoms with Gasteiger partial charge in [0.1, 0.15) is 0 Å². The fraction of sp³-hybridized carbons (Fsp3) is 0.133. The summed E-state index contributed by atoms with van der Waals surface area (Å²) in [6, 6.07) is 8.77. The van der Waals surface area contributed by atoms with Crippen LogP contribution in [0.3, 0.4) is 0 Å². The number of hydrogen-bond acceptors (Lipinski definition) is 3. The first-order chi connectivity index (χ1) is 10.1. The third-order valence-corrected chi connectivity index (χ3v) is 3.30. The van der Waals surface area contributed by atoms with Gasteiger partial charge in [0.15, 0.2) is 0 Å². The van der Waals surface area contributed by atoms with E-state index in [2.05, 4.69) is 31.5 Å². The van der Waals surface area contributed by atoms with Crippen LogP contribution < -0.4 is 10.6 Å². The monoisotopic (exact) mass is 347 g/mol. The van der Waals surface area contributed by atoms with Gasteiger partial charge in [-0.05, 0) is 39.7 Å². The van der Waals surface area contributed by atoms with E-state index < -0.39 is 0 Å². The van der Waals surface area contributed by atoms with Gasteiger partial charge in [0.05, 0.1) is 5.56 Å². The Morgan fingerprint density at radius 3 is 2.43 bits per heavy atom. The first-order valence-corrected chi connectivity index (χ1v) is 7.09. The van der Waals surface area contributed by atoms with E-state index in [0.717, 1.165) is 10.0 Å². The van der Waals surface area contributed by atoms with Gasteiger partial charge in [-0.1, -0.05) is 12.1 Å². The highest BCUT2D eigenvalue weighted by atomic mass is 79.9. The third kappa shape index (κ3) is 4.13. The summed E-state index contributed by atoms with van der Waals surface area (Å²) in [7, 11) is 1.59. The molecule has 1 aromatic carbocycles. The first-order valence-electron chi connectivity index (χ1n) is 6.30. The molecule has 0 radical (unpaired) electrons. The van der Waals surface area contributed by atoms with Crippen molar-refractivity contribution in [3.8, 4) is 0 Å². The van der Waals surface area contributed by atoms with E-state index in [0.29, 0.717) is 17.7 Å². The molecule has 21 heavy (non-hydrogen) atoms. The topological polar surface area (TPSA) is 71.1 Å². The molecule has 108 valence electrons. The molecule has 0 bridgehead atoms. The van der Waals surface area contributed by atoms with Crippen LogP contribution in [-0.4, -0.2) is 23.8 Å². The highest BCUT2D eigenvalue weighted by Gasteiger charge is 2.07. The van der Waals surface area contributed by atoms with Gasteiger partial charge in [-0.15, -0.1) is 0 Å². The maximum Gasteiger partial charge on any atom is 0.253 e. The number of hydrogen-bond donors (Lipinski definition) is 2. The minimum atomic E-state index is -0.195. The lowest BCUT2D eigenvalue weighted by Gasteiger charge is -2.06. The molecule has 0 aliphatic rings. The lowest BCUT2D eigenvalue weighted by atomic mass is 10.1. The standard InChI is InChI=1S/C15H14BrN3O2/c1-17-14(20)11-4-2-10(3-5-11)7-19-15(21)12-6-13(16)9-18-8-12/h2-6,8-9H,7H2,1H3,(H,17,20)(H,19,21). The Morgan fingerprint density at radius 2 is 1.81 bits per heavy atom. The molecular formula is C15H14BrN3O2. The van der Waals surface area contributed by atoms with Crippen molar-refractivity contribution in [2.75, 3.05) is 7.05 Å². The molecule has 0 aliphatic heterocycles. The minimum absolute atomic E-state index is 0.134. The van der Waals surface area contributed by atoms with Gasteiger partial charge in [0, 0.05) is 36.0 Å². The van der Waals surface area contributed by atoms with Gasteiger partial charge in [0.2, 0.25) is 0 Å². The van der Waals surface area contributed by atoms with E-state index in [4.69, 9.17) is 0 Å². The second-order valence-corrected chi connectivity index (χ2v) is 5.27. The molecular weight excluding hydrogens is 334 g/mol. The molecule has 0 saturated heterocycles. The molecule has 1 aromatic heterocycles. The molecule has 2 rings (SSSR count). The zero-order valence-electron chi connectivity index (χ0n) is 11.4. The number of pyridine rings is 1. The van der Waals surface area contributed by atoms with Crippen molar-refractivity contribution in [2.24, 2.45) is 0 Å². The molecule has 5 nitrogen and oxygen atoms in total. The Balaban J connectivity index is 1.97. The van der Waals surface area contributed by atoms with Crippen molar-refractivity contribution < 1.29 is 9.59 Å². The lowest BCUT2D eigenvalue weighted by molar-refractivity contribution is 0.0945. The molecule has 2 amide bonds. The Labute approximate surface area is 130 Å².